The lowest BCUT2D eigenvalue weighted by molar-refractivity contribution is 0.499. The van der Waals surface area contributed by atoms with E-state index in [-0.39, 0.29) is 11.6 Å². The minimum atomic E-state index is -0.0549. The summed E-state index contributed by atoms with van der Waals surface area (Å²) >= 11 is 0. The lowest BCUT2D eigenvalue weighted by atomic mass is 10.1. The van der Waals surface area contributed by atoms with E-state index in [0.29, 0.717) is 24.4 Å². The van der Waals surface area contributed by atoms with Gasteiger partial charge in [-0.15, -0.1) is 0 Å². The van der Waals surface area contributed by atoms with Gasteiger partial charge in [-0.05, 0) is 5.56 Å². The molecule has 0 spiro atoms. The van der Waals surface area contributed by atoms with Crippen LogP contribution < -0.4 is 16.0 Å². The maximum Gasteiger partial charge on any atom is 0.257 e. The Bertz CT molecular complexity index is 860. The molecular weight excluding hydrogens is 316 g/mol. The number of hydrazine groups is 1. The molecule has 4 rings (SSSR count). The highest BCUT2D eigenvalue weighted by atomic mass is 16.1. The van der Waals surface area contributed by atoms with E-state index in [1.54, 1.807) is 5.01 Å². The molecule has 3 heterocycles. The van der Waals surface area contributed by atoms with Gasteiger partial charge in [0.15, 0.2) is 5.82 Å². The van der Waals surface area contributed by atoms with Crippen LogP contribution in [0.15, 0.2) is 40.1 Å². The van der Waals surface area contributed by atoms with Gasteiger partial charge in [0.2, 0.25) is 0 Å². The van der Waals surface area contributed by atoms with E-state index >= 15 is 0 Å². The molecule has 7 heteroatoms. The Kier molecular flexibility index (Phi) is 4.01. The van der Waals surface area contributed by atoms with E-state index in [1.807, 2.05) is 25.2 Å². The van der Waals surface area contributed by atoms with Gasteiger partial charge < -0.3 is 9.88 Å². The summed E-state index contributed by atoms with van der Waals surface area (Å²) in [4.78, 5) is 26.7. The quantitative estimate of drug-likeness (QED) is 0.877. The van der Waals surface area contributed by atoms with E-state index in [1.165, 1.54) is 5.56 Å². The summed E-state index contributed by atoms with van der Waals surface area (Å²) in [5.41, 5.74) is 4.98. The van der Waals surface area contributed by atoms with Crippen LogP contribution in [-0.4, -0.2) is 41.3 Å². The molecule has 0 aliphatic carbocycles. The van der Waals surface area contributed by atoms with Crippen molar-refractivity contribution in [2.24, 2.45) is 4.99 Å². The number of amidine groups is 1. The van der Waals surface area contributed by atoms with Gasteiger partial charge in [-0.2, -0.15) is 0 Å². The molecule has 1 atom stereocenters. The Hall–Kier alpha value is -2.67. The summed E-state index contributed by atoms with van der Waals surface area (Å²) < 4.78 is 0. The lowest BCUT2D eigenvalue weighted by Gasteiger charge is -2.15. The molecule has 25 heavy (non-hydrogen) atoms. The second-order valence-electron chi connectivity index (χ2n) is 6.56. The van der Waals surface area contributed by atoms with Crippen LogP contribution in [0.5, 0.6) is 0 Å². The first-order valence-electron chi connectivity index (χ1n) is 8.54. The monoisotopic (exact) mass is 338 g/mol. The average molecular weight is 338 g/mol. The fourth-order valence-electron chi connectivity index (χ4n) is 3.38. The summed E-state index contributed by atoms with van der Waals surface area (Å²) in [6.45, 7) is 1.42. The molecule has 1 aromatic heterocycles. The molecule has 1 unspecified atom stereocenters. The zero-order valence-corrected chi connectivity index (χ0v) is 14.5. The third-order valence-electron chi connectivity index (χ3n) is 4.82. The average Bonchev–Trinajstić information content (AvgIpc) is 3.18. The normalized spacial score (nSPS) is 19.3. The molecule has 0 radical (unpaired) electrons. The SMILES string of the molecule is CN1CC(c2ccccc2)N=C1CCc1nc2c(c(=O)[nH]1)CNN2C. The first-order valence-corrected chi connectivity index (χ1v) is 8.54. The van der Waals surface area contributed by atoms with Crippen LogP contribution in [0.1, 0.15) is 29.4 Å². The maximum atomic E-state index is 12.2. The Balaban J connectivity index is 1.49. The minimum Gasteiger partial charge on any atom is -0.361 e. The van der Waals surface area contributed by atoms with Gasteiger partial charge in [-0.25, -0.2) is 10.4 Å². The molecule has 1 aromatic carbocycles. The van der Waals surface area contributed by atoms with Crippen LogP contribution in [0.4, 0.5) is 5.82 Å². The highest BCUT2D eigenvalue weighted by molar-refractivity contribution is 5.84. The number of fused-ring (bicyclic) bond motifs is 1. The van der Waals surface area contributed by atoms with Gasteiger partial charge in [-0.3, -0.25) is 14.8 Å². The molecule has 0 bridgehead atoms. The summed E-state index contributed by atoms with van der Waals surface area (Å²) in [7, 11) is 3.94. The van der Waals surface area contributed by atoms with Crippen LogP contribution in [-0.2, 0) is 13.0 Å². The number of H-pyrrole nitrogens is 1. The standard InChI is InChI=1S/C18H22N6O/c1-23-11-14(12-6-4-3-5-7-12)20-16(23)9-8-15-21-17-13(18(25)22-15)10-19-24(17)2/h3-7,14,19H,8-11H2,1-2H3,(H,21,22,25). The number of hydrogen-bond acceptors (Lipinski definition) is 6. The molecule has 7 nitrogen and oxygen atoms in total. The summed E-state index contributed by atoms with van der Waals surface area (Å²) in [5.74, 6) is 2.49. The van der Waals surface area contributed by atoms with Crippen molar-refractivity contribution in [2.75, 3.05) is 25.6 Å². The van der Waals surface area contributed by atoms with Crippen molar-refractivity contribution in [3.8, 4) is 0 Å². The third-order valence-corrected chi connectivity index (χ3v) is 4.82. The van der Waals surface area contributed by atoms with E-state index < -0.39 is 0 Å². The maximum absolute atomic E-state index is 12.2. The Morgan fingerprint density at radius 3 is 2.80 bits per heavy atom. The summed E-state index contributed by atoms with van der Waals surface area (Å²) in [6, 6.07) is 10.5. The minimum absolute atomic E-state index is 0.0549. The van der Waals surface area contributed by atoms with Gasteiger partial charge in [-0.1, -0.05) is 30.3 Å². The molecule has 0 saturated heterocycles. The predicted molar refractivity (Wildman–Crippen MR) is 97.7 cm³/mol. The zero-order chi connectivity index (χ0) is 17.4. The number of likely N-dealkylation sites (N-methyl/N-ethyl adjacent to an activating group) is 1. The van der Waals surface area contributed by atoms with Crippen LogP contribution in [0.25, 0.3) is 0 Å². The fraction of sp³-hybridized carbons (Fsp3) is 0.389. The van der Waals surface area contributed by atoms with Crippen LogP contribution in [0.2, 0.25) is 0 Å². The highest BCUT2D eigenvalue weighted by Gasteiger charge is 2.24. The zero-order valence-electron chi connectivity index (χ0n) is 14.5. The molecule has 2 aromatic rings. The molecule has 0 saturated carbocycles. The summed E-state index contributed by atoms with van der Waals surface area (Å²) in [6.07, 6.45) is 1.43. The number of aryl methyl sites for hydroxylation is 1. The van der Waals surface area contributed by atoms with E-state index in [9.17, 15) is 4.79 Å². The van der Waals surface area contributed by atoms with Crippen molar-refractivity contribution in [2.45, 2.75) is 25.4 Å². The van der Waals surface area contributed by atoms with Crippen molar-refractivity contribution < 1.29 is 0 Å². The predicted octanol–water partition coefficient (Wildman–Crippen LogP) is 1.24. The molecule has 2 N–H and O–H groups in total. The van der Waals surface area contributed by atoms with E-state index in [2.05, 4.69) is 39.5 Å². The fourth-order valence-corrected chi connectivity index (χ4v) is 3.38. The number of benzene rings is 1. The number of anilines is 1. The molecule has 0 fully saturated rings. The topological polar surface area (TPSA) is 76.6 Å². The number of rotatable bonds is 4. The highest BCUT2D eigenvalue weighted by Crippen LogP contribution is 2.25. The van der Waals surface area contributed by atoms with Gasteiger partial charge >= 0.3 is 0 Å². The van der Waals surface area contributed by atoms with E-state index in [4.69, 9.17) is 4.99 Å². The van der Waals surface area contributed by atoms with Gasteiger partial charge in [0, 0.05) is 40.0 Å². The molecule has 2 aliphatic rings. The summed E-state index contributed by atoms with van der Waals surface area (Å²) in [5, 5.41) is 1.80. The van der Waals surface area contributed by atoms with Crippen molar-refractivity contribution >= 4 is 11.7 Å². The van der Waals surface area contributed by atoms with Crippen molar-refractivity contribution in [3.05, 3.63) is 57.6 Å². The Morgan fingerprint density at radius 1 is 1.20 bits per heavy atom. The van der Waals surface area contributed by atoms with Crippen LogP contribution in [0, 0.1) is 0 Å². The van der Waals surface area contributed by atoms with Crippen LogP contribution in [0.3, 0.4) is 0 Å². The van der Waals surface area contributed by atoms with Crippen molar-refractivity contribution in [1.82, 2.24) is 20.3 Å². The Labute approximate surface area is 146 Å². The molecule has 130 valence electrons. The van der Waals surface area contributed by atoms with Crippen molar-refractivity contribution in [3.63, 3.8) is 0 Å². The molecular formula is C18H22N6O. The number of nitrogens with zero attached hydrogens (tertiary/aromatic N) is 4. The number of nitrogens with one attached hydrogen (secondary N) is 2. The molecule has 0 amide bonds. The number of aromatic nitrogens is 2. The first-order chi connectivity index (χ1) is 12.1. The molecule has 2 aliphatic heterocycles. The largest absolute Gasteiger partial charge is 0.361 e. The second-order valence-corrected chi connectivity index (χ2v) is 6.56. The number of hydrogen-bond donors (Lipinski definition) is 2. The third kappa shape index (κ3) is 3.02. The Morgan fingerprint density at radius 2 is 2.00 bits per heavy atom. The number of aromatic amines is 1. The lowest BCUT2D eigenvalue weighted by Crippen LogP contribution is -2.27. The smallest absolute Gasteiger partial charge is 0.257 e. The van der Waals surface area contributed by atoms with E-state index in [0.717, 1.165) is 24.6 Å². The van der Waals surface area contributed by atoms with Gasteiger partial charge in [0.1, 0.15) is 5.82 Å². The van der Waals surface area contributed by atoms with Crippen molar-refractivity contribution in [1.29, 1.82) is 0 Å². The number of aliphatic imine (C=N–C) groups is 1. The second kappa shape index (κ2) is 6.33. The van der Waals surface area contributed by atoms with Crippen LogP contribution >= 0.6 is 0 Å². The van der Waals surface area contributed by atoms with Gasteiger partial charge in [0.25, 0.3) is 5.56 Å². The van der Waals surface area contributed by atoms with Gasteiger partial charge in [0.05, 0.1) is 17.4 Å². The first kappa shape index (κ1) is 15.8.